The summed E-state index contributed by atoms with van der Waals surface area (Å²) >= 11 is 0. The Morgan fingerprint density at radius 1 is 1.44 bits per heavy atom. The Bertz CT molecular complexity index is 343. The van der Waals surface area contributed by atoms with Crippen molar-refractivity contribution in [2.75, 3.05) is 33.4 Å². The van der Waals surface area contributed by atoms with E-state index in [0.717, 1.165) is 5.56 Å². The van der Waals surface area contributed by atoms with Crippen LogP contribution in [0, 0.1) is 0 Å². The Morgan fingerprint density at radius 3 is 2.78 bits per heavy atom. The molecule has 0 aromatic carbocycles. The van der Waals surface area contributed by atoms with E-state index in [9.17, 15) is 4.79 Å². The second-order valence-corrected chi connectivity index (χ2v) is 3.93. The molecule has 5 heteroatoms. The summed E-state index contributed by atoms with van der Waals surface area (Å²) in [6.07, 6.45) is 3.48. The Balaban J connectivity index is 2.38. The minimum absolute atomic E-state index is 0.102. The van der Waals surface area contributed by atoms with Crippen LogP contribution in [0.1, 0.15) is 12.5 Å². The summed E-state index contributed by atoms with van der Waals surface area (Å²) < 4.78 is 4.91. The zero-order chi connectivity index (χ0) is 13.2. The van der Waals surface area contributed by atoms with Gasteiger partial charge in [-0.05, 0) is 24.6 Å². The number of pyridine rings is 1. The summed E-state index contributed by atoms with van der Waals surface area (Å²) in [4.78, 5) is 17.7. The van der Waals surface area contributed by atoms with Gasteiger partial charge < -0.3 is 15.0 Å². The van der Waals surface area contributed by atoms with Crippen molar-refractivity contribution < 1.29 is 9.53 Å². The predicted octanol–water partition coefficient (Wildman–Crippen LogP) is 0.666. The molecule has 1 heterocycles. The van der Waals surface area contributed by atoms with Gasteiger partial charge in [0.15, 0.2) is 0 Å². The quantitative estimate of drug-likeness (QED) is 0.690. The van der Waals surface area contributed by atoms with Crippen molar-refractivity contribution in [3.63, 3.8) is 0 Å². The van der Waals surface area contributed by atoms with E-state index in [1.165, 1.54) is 0 Å². The number of hydrogen-bond donors (Lipinski definition) is 1. The van der Waals surface area contributed by atoms with Gasteiger partial charge in [-0.2, -0.15) is 0 Å². The Hall–Kier alpha value is -1.46. The molecule has 18 heavy (non-hydrogen) atoms. The highest BCUT2D eigenvalue weighted by Gasteiger charge is 2.11. The lowest BCUT2D eigenvalue weighted by molar-refractivity contribution is -0.130. The maximum atomic E-state index is 11.9. The van der Waals surface area contributed by atoms with Gasteiger partial charge in [-0.1, -0.05) is 0 Å². The fourth-order valence-electron chi connectivity index (χ4n) is 1.57. The van der Waals surface area contributed by atoms with E-state index in [1.54, 1.807) is 19.5 Å². The normalized spacial score (nSPS) is 10.3. The first-order valence-electron chi connectivity index (χ1n) is 6.14. The number of ether oxygens (including phenoxy) is 1. The van der Waals surface area contributed by atoms with Crippen molar-refractivity contribution in [3.8, 4) is 0 Å². The molecule has 0 spiro atoms. The second-order valence-electron chi connectivity index (χ2n) is 3.93. The van der Waals surface area contributed by atoms with Crippen molar-refractivity contribution in [2.24, 2.45) is 0 Å². The molecule has 1 amide bonds. The number of amides is 1. The lowest BCUT2D eigenvalue weighted by atomic mass is 10.2. The van der Waals surface area contributed by atoms with Gasteiger partial charge in [-0.25, -0.2) is 0 Å². The second kappa shape index (κ2) is 8.60. The van der Waals surface area contributed by atoms with Gasteiger partial charge in [0, 0.05) is 39.1 Å². The molecule has 1 rings (SSSR count). The first-order chi connectivity index (χ1) is 8.77. The van der Waals surface area contributed by atoms with Gasteiger partial charge >= 0.3 is 0 Å². The molecule has 0 aliphatic carbocycles. The third-order valence-electron chi connectivity index (χ3n) is 2.62. The first kappa shape index (κ1) is 14.6. The Morgan fingerprint density at radius 2 is 2.17 bits per heavy atom. The van der Waals surface area contributed by atoms with Gasteiger partial charge in [0.25, 0.3) is 0 Å². The highest BCUT2D eigenvalue weighted by Crippen LogP contribution is 2.02. The number of nitrogens with zero attached hydrogens (tertiary/aromatic N) is 2. The van der Waals surface area contributed by atoms with Crippen molar-refractivity contribution in [1.29, 1.82) is 0 Å². The summed E-state index contributed by atoms with van der Waals surface area (Å²) in [5.74, 6) is 0.102. The average molecular weight is 251 g/mol. The number of hydrogen-bond acceptors (Lipinski definition) is 4. The maximum absolute atomic E-state index is 11.9. The minimum Gasteiger partial charge on any atom is -0.383 e. The smallest absolute Gasteiger partial charge is 0.236 e. The van der Waals surface area contributed by atoms with E-state index >= 15 is 0 Å². The van der Waals surface area contributed by atoms with Crippen molar-refractivity contribution >= 4 is 5.91 Å². The molecule has 0 aliphatic heterocycles. The molecule has 0 aliphatic rings. The summed E-state index contributed by atoms with van der Waals surface area (Å²) in [6, 6.07) is 3.85. The highest BCUT2D eigenvalue weighted by molar-refractivity contribution is 5.78. The van der Waals surface area contributed by atoms with E-state index in [4.69, 9.17) is 4.74 Å². The fraction of sp³-hybridized carbons (Fsp3) is 0.538. The predicted molar refractivity (Wildman–Crippen MR) is 70.1 cm³/mol. The van der Waals surface area contributed by atoms with E-state index in [2.05, 4.69) is 10.3 Å². The van der Waals surface area contributed by atoms with E-state index in [0.29, 0.717) is 32.8 Å². The van der Waals surface area contributed by atoms with E-state index in [1.807, 2.05) is 24.0 Å². The lowest BCUT2D eigenvalue weighted by Crippen LogP contribution is -2.38. The standard InChI is InChI=1S/C13H21N3O2/c1-3-16(11-12-4-6-14-7-5-12)13(17)10-15-8-9-18-2/h4-7,15H,3,8-11H2,1-2H3. The van der Waals surface area contributed by atoms with Crippen LogP contribution in [-0.4, -0.2) is 49.1 Å². The monoisotopic (exact) mass is 251 g/mol. The number of carbonyl (C=O) groups is 1. The molecule has 5 nitrogen and oxygen atoms in total. The zero-order valence-corrected chi connectivity index (χ0v) is 11.1. The van der Waals surface area contributed by atoms with E-state index < -0.39 is 0 Å². The molecule has 0 saturated carbocycles. The Labute approximate surface area is 108 Å². The molecule has 1 N–H and O–H groups in total. The van der Waals surface area contributed by atoms with Crippen molar-refractivity contribution in [2.45, 2.75) is 13.5 Å². The summed E-state index contributed by atoms with van der Waals surface area (Å²) in [5.41, 5.74) is 1.09. The highest BCUT2D eigenvalue weighted by atomic mass is 16.5. The SMILES string of the molecule is CCN(Cc1ccncc1)C(=O)CNCCOC. The minimum atomic E-state index is 0.102. The van der Waals surface area contributed by atoms with Crippen molar-refractivity contribution in [3.05, 3.63) is 30.1 Å². The van der Waals surface area contributed by atoms with Crippen LogP contribution in [0.4, 0.5) is 0 Å². The van der Waals surface area contributed by atoms with Crippen LogP contribution in [0.2, 0.25) is 0 Å². The third kappa shape index (κ3) is 5.25. The van der Waals surface area contributed by atoms with Crippen LogP contribution in [0.15, 0.2) is 24.5 Å². The van der Waals surface area contributed by atoms with Crippen LogP contribution >= 0.6 is 0 Å². The molecule has 0 bridgehead atoms. The summed E-state index contributed by atoms with van der Waals surface area (Å²) in [7, 11) is 1.64. The number of likely N-dealkylation sites (N-methyl/N-ethyl adjacent to an activating group) is 1. The molecule has 100 valence electrons. The zero-order valence-electron chi connectivity index (χ0n) is 11.1. The molecule has 0 radical (unpaired) electrons. The third-order valence-corrected chi connectivity index (χ3v) is 2.62. The summed E-state index contributed by atoms with van der Waals surface area (Å²) in [6.45, 7) is 4.96. The van der Waals surface area contributed by atoms with Crippen LogP contribution in [0.5, 0.6) is 0 Å². The van der Waals surface area contributed by atoms with Crippen LogP contribution in [0.3, 0.4) is 0 Å². The van der Waals surface area contributed by atoms with Crippen LogP contribution in [-0.2, 0) is 16.1 Å². The average Bonchev–Trinajstić information content (AvgIpc) is 2.42. The molecule has 0 unspecified atom stereocenters. The molecule has 1 aromatic rings. The van der Waals surface area contributed by atoms with Crippen molar-refractivity contribution in [1.82, 2.24) is 15.2 Å². The largest absolute Gasteiger partial charge is 0.383 e. The number of methoxy groups -OCH3 is 1. The number of nitrogens with one attached hydrogen (secondary N) is 1. The molecule has 0 fully saturated rings. The van der Waals surface area contributed by atoms with Gasteiger partial charge in [0.2, 0.25) is 5.91 Å². The topological polar surface area (TPSA) is 54.5 Å². The molecular weight excluding hydrogens is 230 g/mol. The van der Waals surface area contributed by atoms with Gasteiger partial charge in [0.05, 0.1) is 13.2 Å². The number of aromatic nitrogens is 1. The summed E-state index contributed by atoms with van der Waals surface area (Å²) in [5, 5.41) is 3.06. The molecule has 1 aromatic heterocycles. The molecular formula is C13H21N3O2. The Kier molecular flexibility index (Phi) is 6.98. The number of carbonyl (C=O) groups excluding carboxylic acids is 1. The first-order valence-corrected chi connectivity index (χ1v) is 6.14. The maximum Gasteiger partial charge on any atom is 0.236 e. The van der Waals surface area contributed by atoms with E-state index in [-0.39, 0.29) is 5.91 Å². The van der Waals surface area contributed by atoms with Crippen LogP contribution in [0.25, 0.3) is 0 Å². The van der Waals surface area contributed by atoms with Gasteiger partial charge in [-0.3, -0.25) is 9.78 Å². The fourth-order valence-corrected chi connectivity index (χ4v) is 1.57. The van der Waals surface area contributed by atoms with Gasteiger partial charge in [-0.15, -0.1) is 0 Å². The molecule has 0 saturated heterocycles. The lowest BCUT2D eigenvalue weighted by Gasteiger charge is -2.21. The number of rotatable bonds is 8. The van der Waals surface area contributed by atoms with Crippen LogP contribution < -0.4 is 5.32 Å². The van der Waals surface area contributed by atoms with Gasteiger partial charge in [0.1, 0.15) is 0 Å². The molecule has 0 atom stereocenters.